The minimum Gasteiger partial charge on any atom is -0.268 e. The van der Waals surface area contributed by atoms with Crippen molar-refractivity contribution in [3.05, 3.63) is 0 Å². The lowest BCUT2D eigenvalue weighted by atomic mass is 9.93. The maximum Gasteiger partial charge on any atom is 0.305 e. The first-order valence-corrected chi connectivity index (χ1v) is 5.85. The van der Waals surface area contributed by atoms with Crippen LogP contribution in [0.2, 0.25) is 0 Å². The molecule has 0 rings (SSSR count). The maximum atomic E-state index is 11.2. The van der Waals surface area contributed by atoms with Crippen LogP contribution in [0.15, 0.2) is 0 Å². The summed E-state index contributed by atoms with van der Waals surface area (Å²) in [6.45, 7) is 12.3. The van der Waals surface area contributed by atoms with Crippen LogP contribution in [0.4, 0.5) is 0 Å². The van der Waals surface area contributed by atoms with E-state index in [9.17, 15) is 4.21 Å². The Labute approximate surface area is 90.0 Å². The van der Waals surface area contributed by atoms with E-state index in [1.54, 1.807) is 0 Å². The molecule has 3 nitrogen and oxygen atoms in total. The largest absolute Gasteiger partial charge is 0.305 e. The standard InChI is InChI=1S/C10H22O3S/c1-9(2,3)7-8-12-14(11)13-10(4,5)6/h7-8H2,1-6H3. The van der Waals surface area contributed by atoms with Gasteiger partial charge in [0.25, 0.3) is 0 Å². The van der Waals surface area contributed by atoms with Crippen LogP contribution in [0.1, 0.15) is 48.0 Å². The van der Waals surface area contributed by atoms with Gasteiger partial charge in [0.15, 0.2) is 0 Å². The Balaban J connectivity index is 3.66. The Hall–Kier alpha value is 0.0700. The van der Waals surface area contributed by atoms with Crippen molar-refractivity contribution >= 4 is 11.4 Å². The smallest absolute Gasteiger partial charge is 0.268 e. The molecule has 1 unspecified atom stereocenters. The second-order valence-electron chi connectivity index (χ2n) is 5.53. The molecule has 4 heteroatoms. The van der Waals surface area contributed by atoms with Crippen molar-refractivity contribution in [3.63, 3.8) is 0 Å². The van der Waals surface area contributed by atoms with E-state index in [4.69, 9.17) is 8.37 Å². The van der Waals surface area contributed by atoms with Crippen LogP contribution in [0.25, 0.3) is 0 Å². The predicted octanol–water partition coefficient (Wildman–Crippen LogP) is 2.83. The molecule has 1 atom stereocenters. The Morgan fingerprint density at radius 3 is 1.93 bits per heavy atom. The molecule has 0 saturated heterocycles. The SMILES string of the molecule is CC(C)(C)CCOS(=O)OC(C)(C)C. The third-order valence-electron chi connectivity index (χ3n) is 1.35. The summed E-state index contributed by atoms with van der Waals surface area (Å²) in [6.07, 6.45) is 0.867. The first kappa shape index (κ1) is 14.1. The van der Waals surface area contributed by atoms with Gasteiger partial charge in [0.05, 0.1) is 12.2 Å². The van der Waals surface area contributed by atoms with Crippen molar-refractivity contribution in [2.75, 3.05) is 6.61 Å². The molecule has 0 aliphatic rings. The first-order valence-electron chi connectivity index (χ1n) is 4.85. The summed E-state index contributed by atoms with van der Waals surface area (Å²) in [6, 6.07) is 0. The third kappa shape index (κ3) is 10.2. The van der Waals surface area contributed by atoms with Gasteiger partial charge in [0.2, 0.25) is 0 Å². The predicted molar refractivity (Wildman–Crippen MR) is 59.0 cm³/mol. The van der Waals surface area contributed by atoms with E-state index in [0.29, 0.717) is 6.61 Å². The molecule has 0 bridgehead atoms. The molecule has 0 aliphatic heterocycles. The Morgan fingerprint density at radius 1 is 1.07 bits per heavy atom. The Bertz CT molecular complexity index is 189. The van der Waals surface area contributed by atoms with Crippen molar-refractivity contribution in [1.29, 1.82) is 0 Å². The summed E-state index contributed by atoms with van der Waals surface area (Å²) < 4.78 is 21.4. The summed E-state index contributed by atoms with van der Waals surface area (Å²) in [5.74, 6) is 0. The fraction of sp³-hybridized carbons (Fsp3) is 1.00. The second-order valence-corrected chi connectivity index (χ2v) is 6.34. The van der Waals surface area contributed by atoms with Crippen LogP contribution in [0.3, 0.4) is 0 Å². The molecule has 0 aromatic rings. The van der Waals surface area contributed by atoms with Gasteiger partial charge in [0.1, 0.15) is 0 Å². The average Bonchev–Trinajstić information content (AvgIpc) is 1.78. The number of hydrogen-bond acceptors (Lipinski definition) is 3. The van der Waals surface area contributed by atoms with Gasteiger partial charge >= 0.3 is 11.4 Å². The topological polar surface area (TPSA) is 35.5 Å². The zero-order valence-corrected chi connectivity index (χ0v) is 10.9. The highest BCUT2D eigenvalue weighted by Crippen LogP contribution is 2.18. The lowest BCUT2D eigenvalue weighted by molar-refractivity contribution is 0.118. The fourth-order valence-corrected chi connectivity index (χ4v) is 1.32. The average molecular weight is 222 g/mol. The van der Waals surface area contributed by atoms with Crippen LogP contribution in [-0.4, -0.2) is 16.4 Å². The Morgan fingerprint density at radius 2 is 1.57 bits per heavy atom. The summed E-state index contributed by atoms with van der Waals surface area (Å²) in [4.78, 5) is 0. The van der Waals surface area contributed by atoms with Gasteiger partial charge < -0.3 is 0 Å². The number of rotatable bonds is 4. The molecule has 0 aliphatic carbocycles. The monoisotopic (exact) mass is 222 g/mol. The van der Waals surface area contributed by atoms with Crippen LogP contribution < -0.4 is 0 Å². The molecule has 14 heavy (non-hydrogen) atoms. The molecular formula is C10H22O3S. The van der Waals surface area contributed by atoms with Gasteiger partial charge in [-0.15, -0.1) is 0 Å². The Kier molecular flexibility index (Phi) is 5.26. The van der Waals surface area contributed by atoms with E-state index < -0.39 is 17.0 Å². The maximum absolute atomic E-state index is 11.2. The van der Waals surface area contributed by atoms with Gasteiger partial charge in [-0.3, -0.25) is 8.37 Å². The second kappa shape index (κ2) is 5.24. The minimum absolute atomic E-state index is 0.200. The van der Waals surface area contributed by atoms with Crippen molar-refractivity contribution in [2.24, 2.45) is 5.41 Å². The minimum atomic E-state index is -1.62. The lowest BCUT2D eigenvalue weighted by Crippen LogP contribution is -2.22. The van der Waals surface area contributed by atoms with Gasteiger partial charge in [-0.1, -0.05) is 20.8 Å². The fourth-order valence-electron chi connectivity index (χ4n) is 0.644. The molecule has 0 radical (unpaired) electrons. The summed E-state index contributed by atoms with van der Waals surface area (Å²) in [5, 5.41) is 0. The summed E-state index contributed by atoms with van der Waals surface area (Å²) in [7, 11) is 0. The van der Waals surface area contributed by atoms with Crippen LogP contribution >= 0.6 is 0 Å². The molecule has 0 aromatic heterocycles. The lowest BCUT2D eigenvalue weighted by Gasteiger charge is -2.19. The van der Waals surface area contributed by atoms with Crippen molar-refractivity contribution < 1.29 is 12.6 Å². The van der Waals surface area contributed by atoms with Gasteiger partial charge in [-0.2, -0.15) is 4.21 Å². The third-order valence-corrected chi connectivity index (χ3v) is 2.34. The molecule has 0 amide bonds. The molecular weight excluding hydrogens is 200 g/mol. The van der Waals surface area contributed by atoms with Crippen LogP contribution in [-0.2, 0) is 19.7 Å². The zero-order chi connectivity index (χ0) is 11.4. The van der Waals surface area contributed by atoms with E-state index in [-0.39, 0.29) is 5.41 Å². The van der Waals surface area contributed by atoms with Crippen molar-refractivity contribution in [3.8, 4) is 0 Å². The van der Waals surface area contributed by atoms with Crippen molar-refractivity contribution in [2.45, 2.75) is 53.6 Å². The highest BCUT2D eigenvalue weighted by atomic mass is 32.2. The summed E-state index contributed by atoms with van der Waals surface area (Å²) in [5.41, 5.74) is -0.224. The molecule has 0 aromatic carbocycles. The highest BCUT2D eigenvalue weighted by molar-refractivity contribution is 7.75. The number of hydrogen-bond donors (Lipinski definition) is 0. The summed E-state index contributed by atoms with van der Waals surface area (Å²) >= 11 is -1.62. The van der Waals surface area contributed by atoms with Gasteiger partial charge in [0, 0.05) is 0 Å². The molecule has 0 heterocycles. The van der Waals surface area contributed by atoms with E-state index in [2.05, 4.69) is 20.8 Å². The molecule has 0 saturated carbocycles. The molecule has 0 spiro atoms. The van der Waals surface area contributed by atoms with Crippen LogP contribution in [0.5, 0.6) is 0 Å². The normalized spacial score (nSPS) is 15.6. The first-order chi connectivity index (χ1) is 6.10. The van der Waals surface area contributed by atoms with E-state index in [1.807, 2.05) is 20.8 Å². The highest BCUT2D eigenvalue weighted by Gasteiger charge is 2.17. The molecule has 0 fully saturated rings. The zero-order valence-electron chi connectivity index (χ0n) is 10.0. The van der Waals surface area contributed by atoms with E-state index in [1.165, 1.54) is 0 Å². The van der Waals surface area contributed by atoms with Gasteiger partial charge in [-0.25, -0.2) is 0 Å². The van der Waals surface area contributed by atoms with Crippen molar-refractivity contribution in [1.82, 2.24) is 0 Å². The molecule has 86 valence electrons. The van der Waals surface area contributed by atoms with Gasteiger partial charge in [-0.05, 0) is 32.6 Å². The van der Waals surface area contributed by atoms with Crippen LogP contribution in [0, 0.1) is 5.41 Å². The van der Waals surface area contributed by atoms with E-state index in [0.717, 1.165) is 6.42 Å². The quantitative estimate of drug-likeness (QED) is 0.733. The molecule has 0 N–H and O–H groups in total. The van der Waals surface area contributed by atoms with E-state index >= 15 is 0 Å².